The molecular formula is C15H19F2N3. The number of halogens is 2. The molecule has 1 atom stereocenters. The lowest BCUT2D eigenvalue weighted by Gasteiger charge is -2.19. The fraction of sp³-hybridized carbons (Fsp3) is 0.400. The van der Waals surface area contributed by atoms with Crippen molar-refractivity contribution in [2.75, 3.05) is 6.54 Å². The second kappa shape index (κ2) is 6.13. The molecule has 0 saturated heterocycles. The molecule has 1 unspecified atom stereocenters. The minimum atomic E-state index is -0.566. The zero-order valence-corrected chi connectivity index (χ0v) is 12.0. The molecule has 1 heterocycles. The second-order valence-corrected chi connectivity index (χ2v) is 4.90. The number of benzene rings is 1. The Kier molecular flexibility index (Phi) is 4.49. The molecule has 0 bridgehead atoms. The molecule has 1 N–H and O–H groups in total. The van der Waals surface area contributed by atoms with E-state index in [4.69, 9.17) is 0 Å². The molecule has 2 aromatic rings. The number of aryl methyl sites for hydroxylation is 2. The van der Waals surface area contributed by atoms with Crippen molar-refractivity contribution in [3.63, 3.8) is 0 Å². The highest BCUT2D eigenvalue weighted by molar-refractivity contribution is 5.34. The summed E-state index contributed by atoms with van der Waals surface area (Å²) in [6.07, 6.45) is 2.80. The van der Waals surface area contributed by atoms with Crippen LogP contribution in [-0.4, -0.2) is 16.3 Å². The van der Waals surface area contributed by atoms with E-state index in [2.05, 4.69) is 10.4 Å². The third-order valence-corrected chi connectivity index (χ3v) is 3.23. The van der Waals surface area contributed by atoms with Gasteiger partial charge in [0.2, 0.25) is 0 Å². The molecule has 108 valence electrons. The smallest absolute Gasteiger partial charge is 0.131 e. The molecule has 1 aromatic carbocycles. The van der Waals surface area contributed by atoms with Crippen LogP contribution in [0.5, 0.6) is 0 Å². The van der Waals surface area contributed by atoms with Gasteiger partial charge in [-0.1, -0.05) is 13.0 Å². The SMILES string of the molecule is CCCNC(c1ccc(F)cc1F)c1cn(C)nc1C. The minimum Gasteiger partial charge on any atom is -0.306 e. The molecular weight excluding hydrogens is 260 g/mol. The lowest BCUT2D eigenvalue weighted by molar-refractivity contribution is 0.531. The largest absolute Gasteiger partial charge is 0.306 e. The maximum absolute atomic E-state index is 14.0. The van der Waals surface area contributed by atoms with Crippen LogP contribution in [0.3, 0.4) is 0 Å². The number of aromatic nitrogens is 2. The van der Waals surface area contributed by atoms with Crippen LogP contribution in [0.4, 0.5) is 8.78 Å². The maximum Gasteiger partial charge on any atom is 0.131 e. The van der Waals surface area contributed by atoms with Gasteiger partial charge in [-0.25, -0.2) is 8.78 Å². The van der Waals surface area contributed by atoms with Crippen molar-refractivity contribution in [3.05, 3.63) is 52.9 Å². The van der Waals surface area contributed by atoms with Gasteiger partial charge in [-0.2, -0.15) is 5.10 Å². The third-order valence-electron chi connectivity index (χ3n) is 3.23. The van der Waals surface area contributed by atoms with Crippen molar-refractivity contribution in [1.29, 1.82) is 0 Å². The molecule has 0 radical (unpaired) electrons. The molecule has 0 amide bonds. The van der Waals surface area contributed by atoms with Gasteiger partial charge in [-0.3, -0.25) is 4.68 Å². The van der Waals surface area contributed by atoms with Gasteiger partial charge in [-0.05, 0) is 26.0 Å². The van der Waals surface area contributed by atoms with E-state index in [1.54, 1.807) is 4.68 Å². The molecule has 0 aliphatic carbocycles. The van der Waals surface area contributed by atoms with Crippen molar-refractivity contribution >= 4 is 0 Å². The summed E-state index contributed by atoms with van der Waals surface area (Å²) in [6.45, 7) is 4.67. The second-order valence-electron chi connectivity index (χ2n) is 4.90. The van der Waals surface area contributed by atoms with Crippen LogP contribution >= 0.6 is 0 Å². The Morgan fingerprint density at radius 1 is 1.30 bits per heavy atom. The first-order chi connectivity index (χ1) is 9.52. The van der Waals surface area contributed by atoms with E-state index in [1.807, 2.05) is 27.1 Å². The molecule has 5 heteroatoms. The van der Waals surface area contributed by atoms with E-state index in [-0.39, 0.29) is 6.04 Å². The van der Waals surface area contributed by atoms with E-state index in [0.29, 0.717) is 5.56 Å². The predicted octanol–water partition coefficient (Wildman–Crippen LogP) is 3.10. The van der Waals surface area contributed by atoms with Gasteiger partial charge in [-0.15, -0.1) is 0 Å². The van der Waals surface area contributed by atoms with Crippen LogP contribution < -0.4 is 5.32 Å². The van der Waals surface area contributed by atoms with Crippen LogP contribution in [0.2, 0.25) is 0 Å². The Bertz CT molecular complexity index is 593. The molecule has 20 heavy (non-hydrogen) atoms. The first kappa shape index (κ1) is 14.7. The number of nitrogens with one attached hydrogen (secondary N) is 1. The Balaban J connectivity index is 2.44. The molecule has 0 saturated carbocycles. The zero-order valence-electron chi connectivity index (χ0n) is 12.0. The van der Waals surface area contributed by atoms with Crippen molar-refractivity contribution in [2.24, 2.45) is 7.05 Å². The molecule has 0 aliphatic heterocycles. The van der Waals surface area contributed by atoms with E-state index < -0.39 is 11.6 Å². The van der Waals surface area contributed by atoms with Gasteiger partial charge in [0.25, 0.3) is 0 Å². The van der Waals surface area contributed by atoms with Crippen molar-refractivity contribution < 1.29 is 8.78 Å². The third kappa shape index (κ3) is 3.04. The van der Waals surface area contributed by atoms with Crippen LogP contribution in [0, 0.1) is 18.6 Å². The Morgan fingerprint density at radius 2 is 2.05 bits per heavy atom. The summed E-state index contributed by atoms with van der Waals surface area (Å²) in [4.78, 5) is 0. The molecule has 0 spiro atoms. The lowest BCUT2D eigenvalue weighted by atomic mass is 9.98. The van der Waals surface area contributed by atoms with Gasteiger partial charge >= 0.3 is 0 Å². The fourth-order valence-corrected chi connectivity index (χ4v) is 2.31. The summed E-state index contributed by atoms with van der Waals surface area (Å²) in [5, 5.41) is 7.59. The highest BCUT2D eigenvalue weighted by Crippen LogP contribution is 2.26. The maximum atomic E-state index is 14.0. The van der Waals surface area contributed by atoms with E-state index >= 15 is 0 Å². The highest BCUT2D eigenvalue weighted by Gasteiger charge is 2.21. The van der Waals surface area contributed by atoms with Crippen molar-refractivity contribution in [1.82, 2.24) is 15.1 Å². The molecule has 3 nitrogen and oxygen atoms in total. The fourth-order valence-electron chi connectivity index (χ4n) is 2.31. The zero-order chi connectivity index (χ0) is 14.7. The van der Waals surface area contributed by atoms with Gasteiger partial charge in [0, 0.05) is 30.4 Å². The van der Waals surface area contributed by atoms with Crippen LogP contribution in [0.15, 0.2) is 24.4 Å². The summed E-state index contributed by atoms with van der Waals surface area (Å²) < 4.78 is 28.8. The number of rotatable bonds is 5. The van der Waals surface area contributed by atoms with Crippen LogP contribution in [0.25, 0.3) is 0 Å². The van der Waals surface area contributed by atoms with Crippen molar-refractivity contribution in [2.45, 2.75) is 26.3 Å². The standard InChI is InChI=1S/C15H19F2N3/c1-4-7-18-15(13-9-20(3)19-10(13)2)12-6-5-11(16)8-14(12)17/h5-6,8-9,15,18H,4,7H2,1-3H3. The highest BCUT2D eigenvalue weighted by atomic mass is 19.1. The van der Waals surface area contributed by atoms with E-state index in [1.165, 1.54) is 12.1 Å². The Morgan fingerprint density at radius 3 is 2.60 bits per heavy atom. The topological polar surface area (TPSA) is 29.9 Å². The van der Waals surface area contributed by atoms with Crippen LogP contribution in [-0.2, 0) is 7.05 Å². The van der Waals surface area contributed by atoms with Crippen molar-refractivity contribution in [3.8, 4) is 0 Å². The Hall–Kier alpha value is -1.75. The average molecular weight is 279 g/mol. The first-order valence-electron chi connectivity index (χ1n) is 6.71. The summed E-state index contributed by atoms with van der Waals surface area (Å²) in [6, 6.07) is 3.38. The van der Waals surface area contributed by atoms with Crippen LogP contribution in [0.1, 0.15) is 36.2 Å². The van der Waals surface area contributed by atoms with Gasteiger partial charge in [0.05, 0.1) is 11.7 Å². The summed E-state index contributed by atoms with van der Waals surface area (Å²) >= 11 is 0. The van der Waals surface area contributed by atoms with Gasteiger partial charge in [0.1, 0.15) is 11.6 Å². The monoisotopic (exact) mass is 279 g/mol. The number of hydrogen-bond donors (Lipinski definition) is 1. The minimum absolute atomic E-state index is 0.316. The summed E-state index contributed by atoms with van der Waals surface area (Å²) in [5.74, 6) is -1.11. The summed E-state index contributed by atoms with van der Waals surface area (Å²) in [5.41, 5.74) is 2.19. The normalized spacial score (nSPS) is 12.7. The number of nitrogens with zero attached hydrogens (tertiary/aromatic N) is 2. The van der Waals surface area contributed by atoms with E-state index in [9.17, 15) is 8.78 Å². The molecule has 0 fully saturated rings. The Labute approximate surface area is 117 Å². The number of hydrogen-bond acceptors (Lipinski definition) is 2. The molecule has 2 rings (SSSR count). The predicted molar refractivity (Wildman–Crippen MR) is 74.4 cm³/mol. The lowest BCUT2D eigenvalue weighted by Crippen LogP contribution is -2.24. The molecule has 1 aromatic heterocycles. The summed E-state index contributed by atoms with van der Waals surface area (Å²) in [7, 11) is 1.83. The van der Waals surface area contributed by atoms with Gasteiger partial charge in [0.15, 0.2) is 0 Å². The molecule has 0 aliphatic rings. The first-order valence-corrected chi connectivity index (χ1v) is 6.71. The quantitative estimate of drug-likeness (QED) is 0.911. The average Bonchev–Trinajstić information content (AvgIpc) is 2.71. The van der Waals surface area contributed by atoms with E-state index in [0.717, 1.165) is 30.3 Å². The van der Waals surface area contributed by atoms with Gasteiger partial charge < -0.3 is 5.32 Å².